The Balaban J connectivity index is 1.78. The first-order chi connectivity index (χ1) is 9.63. The highest BCUT2D eigenvalue weighted by atomic mass is 35.5. The highest BCUT2D eigenvalue weighted by molar-refractivity contribution is 7.16. The topological polar surface area (TPSA) is 12.0 Å². The molecule has 1 aromatic carbocycles. The van der Waals surface area contributed by atoms with Crippen LogP contribution in [0, 0.1) is 0 Å². The molecule has 1 N–H and O–H groups in total. The molecule has 2 aromatic rings. The normalized spacial score (nSPS) is 19.6. The van der Waals surface area contributed by atoms with Gasteiger partial charge >= 0.3 is 0 Å². The summed E-state index contributed by atoms with van der Waals surface area (Å²) in [5, 5.41) is 4.51. The van der Waals surface area contributed by atoms with Crippen LogP contribution in [-0.2, 0) is 6.42 Å². The summed E-state index contributed by atoms with van der Waals surface area (Å²) < 4.78 is 0.902. The van der Waals surface area contributed by atoms with E-state index in [9.17, 15) is 0 Å². The van der Waals surface area contributed by atoms with Crippen LogP contribution < -0.4 is 5.32 Å². The average molecular weight is 326 g/mol. The number of hydrogen-bond acceptors (Lipinski definition) is 2. The smallest absolute Gasteiger partial charge is 0.0934 e. The van der Waals surface area contributed by atoms with E-state index in [1.165, 1.54) is 28.8 Å². The van der Waals surface area contributed by atoms with Crippen LogP contribution in [0.5, 0.6) is 0 Å². The first-order valence-corrected chi connectivity index (χ1v) is 8.50. The number of thiophene rings is 1. The lowest BCUT2D eigenvalue weighted by atomic mass is 9.93. The van der Waals surface area contributed by atoms with Crippen molar-refractivity contribution in [3.63, 3.8) is 0 Å². The molecule has 1 unspecified atom stereocenters. The second-order valence-electron chi connectivity index (χ2n) is 5.32. The van der Waals surface area contributed by atoms with Crippen molar-refractivity contribution in [1.82, 2.24) is 5.32 Å². The van der Waals surface area contributed by atoms with Gasteiger partial charge in [-0.2, -0.15) is 0 Å². The third-order valence-electron chi connectivity index (χ3n) is 3.88. The summed E-state index contributed by atoms with van der Waals surface area (Å²) in [6.45, 7) is 2.19. The molecule has 1 heterocycles. The van der Waals surface area contributed by atoms with Crippen molar-refractivity contribution in [2.24, 2.45) is 0 Å². The van der Waals surface area contributed by atoms with E-state index >= 15 is 0 Å². The molecule has 2 atom stereocenters. The Morgan fingerprint density at radius 3 is 2.95 bits per heavy atom. The monoisotopic (exact) mass is 325 g/mol. The standard InChI is InChI=1S/C16H17Cl2NS/c1-10(11-4-2-5-12(17)8-11)19-14-6-3-7-15-13(14)9-16(18)20-15/h2,4-5,8-10,14,19H,3,6-7H2,1H3/t10-,14?/m0/s1. The molecule has 0 saturated heterocycles. The molecule has 1 aliphatic carbocycles. The maximum Gasteiger partial charge on any atom is 0.0934 e. The van der Waals surface area contributed by atoms with Crippen LogP contribution in [0.2, 0.25) is 9.36 Å². The van der Waals surface area contributed by atoms with E-state index in [0.717, 1.165) is 15.8 Å². The second-order valence-corrected chi connectivity index (χ2v) is 7.52. The molecule has 1 nitrogen and oxygen atoms in total. The molecule has 0 bridgehead atoms. The van der Waals surface area contributed by atoms with Gasteiger partial charge in [0.1, 0.15) is 0 Å². The molecule has 20 heavy (non-hydrogen) atoms. The van der Waals surface area contributed by atoms with E-state index in [4.69, 9.17) is 23.2 Å². The quantitative estimate of drug-likeness (QED) is 0.753. The summed E-state index contributed by atoms with van der Waals surface area (Å²) in [7, 11) is 0. The van der Waals surface area contributed by atoms with Crippen molar-refractivity contribution in [3.8, 4) is 0 Å². The Bertz CT molecular complexity index is 608. The predicted octanol–water partition coefficient (Wildman–Crippen LogP) is 5.78. The van der Waals surface area contributed by atoms with Crippen LogP contribution in [0.15, 0.2) is 30.3 Å². The van der Waals surface area contributed by atoms with Gasteiger partial charge in [0, 0.05) is 22.0 Å². The molecule has 0 amide bonds. The Morgan fingerprint density at radius 1 is 1.30 bits per heavy atom. The summed E-state index contributed by atoms with van der Waals surface area (Å²) in [5.41, 5.74) is 2.62. The van der Waals surface area contributed by atoms with Gasteiger partial charge in [-0.1, -0.05) is 35.3 Å². The highest BCUT2D eigenvalue weighted by Crippen LogP contribution is 2.38. The van der Waals surface area contributed by atoms with Gasteiger partial charge < -0.3 is 5.32 Å². The van der Waals surface area contributed by atoms with Gasteiger partial charge in [0.05, 0.1) is 4.34 Å². The fourth-order valence-corrected chi connectivity index (χ4v) is 4.45. The first-order valence-electron chi connectivity index (χ1n) is 6.93. The van der Waals surface area contributed by atoms with Crippen molar-refractivity contribution in [3.05, 3.63) is 55.7 Å². The molecule has 4 heteroatoms. The van der Waals surface area contributed by atoms with Crippen molar-refractivity contribution < 1.29 is 0 Å². The lowest BCUT2D eigenvalue weighted by Gasteiger charge is -2.27. The summed E-state index contributed by atoms with van der Waals surface area (Å²) in [6.07, 6.45) is 3.56. The van der Waals surface area contributed by atoms with Crippen LogP contribution in [-0.4, -0.2) is 0 Å². The molecule has 0 fully saturated rings. The third-order valence-corrected chi connectivity index (χ3v) is 5.46. The fraction of sp³-hybridized carbons (Fsp3) is 0.375. The largest absolute Gasteiger partial charge is 0.303 e. The Hall–Kier alpha value is -0.540. The second kappa shape index (κ2) is 6.07. The molecule has 0 aliphatic heterocycles. The zero-order chi connectivity index (χ0) is 14.1. The Labute approximate surface area is 133 Å². The minimum absolute atomic E-state index is 0.281. The van der Waals surface area contributed by atoms with Gasteiger partial charge in [-0.3, -0.25) is 0 Å². The van der Waals surface area contributed by atoms with Crippen LogP contribution in [0.25, 0.3) is 0 Å². The molecule has 106 valence electrons. The number of rotatable bonds is 3. The Kier molecular flexibility index (Phi) is 4.37. The van der Waals surface area contributed by atoms with Crippen molar-refractivity contribution in [2.45, 2.75) is 38.3 Å². The number of benzene rings is 1. The van der Waals surface area contributed by atoms with Gasteiger partial charge in [-0.25, -0.2) is 0 Å². The van der Waals surface area contributed by atoms with Crippen molar-refractivity contribution in [2.75, 3.05) is 0 Å². The zero-order valence-electron chi connectivity index (χ0n) is 11.3. The number of halogens is 2. The summed E-state index contributed by atoms with van der Waals surface area (Å²) in [4.78, 5) is 1.44. The average Bonchev–Trinajstić information content (AvgIpc) is 2.80. The van der Waals surface area contributed by atoms with Crippen LogP contribution in [0.4, 0.5) is 0 Å². The minimum atomic E-state index is 0.281. The lowest BCUT2D eigenvalue weighted by molar-refractivity contribution is 0.418. The van der Waals surface area contributed by atoms with Gasteiger partial charge in [-0.05, 0) is 55.5 Å². The number of hydrogen-bond donors (Lipinski definition) is 1. The van der Waals surface area contributed by atoms with E-state index in [-0.39, 0.29) is 6.04 Å². The number of fused-ring (bicyclic) bond motifs is 1. The molecule has 0 radical (unpaired) electrons. The number of nitrogens with one attached hydrogen (secondary N) is 1. The van der Waals surface area contributed by atoms with E-state index in [1.54, 1.807) is 11.3 Å². The summed E-state index contributed by atoms with van der Waals surface area (Å²) in [5.74, 6) is 0. The van der Waals surface area contributed by atoms with Gasteiger partial charge in [0.25, 0.3) is 0 Å². The molecule has 1 aromatic heterocycles. The maximum atomic E-state index is 6.16. The molecule has 3 rings (SSSR count). The zero-order valence-corrected chi connectivity index (χ0v) is 13.7. The fourth-order valence-electron chi connectivity index (χ4n) is 2.87. The van der Waals surface area contributed by atoms with E-state index < -0.39 is 0 Å². The van der Waals surface area contributed by atoms with E-state index in [1.807, 2.05) is 18.2 Å². The summed E-state index contributed by atoms with van der Waals surface area (Å²) in [6, 6.07) is 10.9. The molecule has 1 aliphatic rings. The molecule has 0 saturated carbocycles. The van der Waals surface area contributed by atoms with Crippen LogP contribution in [0.1, 0.15) is 47.9 Å². The highest BCUT2D eigenvalue weighted by Gasteiger charge is 2.24. The van der Waals surface area contributed by atoms with Gasteiger partial charge in [-0.15, -0.1) is 11.3 Å². The minimum Gasteiger partial charge on any atom is -0.303 e. The number of aryl methyl sites for hydroxylation is 1. The van der Waals surface area contributed by atoms with Gasteiger partial charge in [0.2, 0.25) is 0 Å². The van der Waals surface area contributed by atoms with Gasteiger partial charge in [0.15, 0.2) is 0 Å². The first kappa shape index (κ1) is 14.4. The summed E-state index contributed by atoms with van der Waals surface area (Å²) >= 11 is 14.0. The molecular formula is C16H17Cl2NS. The van der Waals surface area contributed by atoms with Crippen molar-refractivity contribution >= 4 is 34.5 Å². The third kappa shape index (κ3) is 3.04. The van der Waals surface area contributed by atoms with E-state index in [0.29, 0.717) is 6.04 Å². The van der Waals surface area contributed by atoms with Crippen LogP contribution >= 0.6 is 34.5 Å². The van der Waals surface area contributed by atoms with E-state index in [2.05, 4.69) is 24.4 Å². The SMILES string of the molecule is C[C@H](NC1CCCc2sc(Cl)cc21)c1cccc(Cl)c1. The maximum absolute atomic E-state index is 6.16. The Morgan fingerprint density at radius 2 is 2.15 bits per heavy atom. The lowest BCUT2D eigenvalue weighted by Crippen LogP contribution is -2.27. The van der Waals surface area contributed by atoms with Crippen LogP contribution in [0.3, 0.4) is 0 Å². The van der Waals surface area contributed by atoms with Crippen molar-refractivity contribution in [1.29, 1.82) is 0 Å². The molecular weight excluding hydrogens is 309 g/mol. The predicted molar refractivity (Wildman–Crippen MR) is 88.0 cm³/mol. The molecule has 0 spiro atoms.